The summed E-state index contributed by atoms with van der Waals surface area (Å²) in [5.41, 5.74) is 5.68. The van der Waals surface area contributed by atoms with E-state index in [2.05, 4.69) is 64.9 Å². The molecule has 2 aromatic carbocycles. The largest absolute Gasteiger partial charge is 0.387 e. The van der Waals surface area contributed by atoms with Crippen molar-refractivity contribution >= 4 is 34.0 Å². The number of anilines is 2. The topological polar surface area (TPSA) is 100 Å². The normalized spacial score (nSPS) is 15.6. The van der Waals surface area contributed by atoms with Crippen LogP contribution in [0.4, 0.5) is 11.4 Å². The number of nitrogens with zero attached hydrogens (tertiary/aromatic N) is 3. The third-order valence-corrected chi connectivity index (χ3v) is 7.35. The van der Waals surface area contributed by atoms with E-state index >= 15 is 0 Å². The van der Waals surface area contributed by atoms with Crippen molar-refractivity contribution in [2.45, 2.75) is 33.8 Å². The number of piperazine rings is 1. The van der Waals surface area contributed by atoms with Crippen molar-refractivity contribution < 1.29 is 5.11 Å². The van der Waals surface area contributed by atoms with E-state index in [9.17, 15) is 9.90 Å². The number of aliphatic hydroxyl groups is 1. The molecule has 2 aromatic heterocycles. The van der Waals surface area contributed by atoms with E-state index in [0.717, 1.165) is 55.0 Å². The molecule has 0 aliphatic carbocycles. The summed E-state index contributed by atoms with van der Waals surface area (Å²) in [5, 5.41) is 14.5. The van der Waals surface area contributed by atoms with Gasteiger partial charge in [0.1, 0.15) is 11.4 Å². The zero-order chi connectivity index (χ0) is 27.7. The molecule has 9 heteroatoms. The van der Waals surface area contributed by atoms with Crippen LogP contribution in [0.5, 0.6) is 0 Å². The van der Waals surface area contributed by atoms with Gasteiger partial charge in [-0.3, -0.25) is 9.69 Å². The molecular weight excluding hydrogens is 512 g/mol. The molecule has 0 spiro atoms. The Hall–Kier alpha value is -3.33. The summed E-state index contributed by atoms with van der Waals surface area (Å²) >= 11 is 6.08. The average Bonchev–Trinajstić information content (AvgIpc) is 3.31. The number of halogens is 1. The lowest BCUT2D eigenvalue weighted by molar-refractivity contribution is 0.182. The maximum absolute atomic E-state index is 13.0. The number of aromatic nitrogens is 3. The molecule has 0 amide bonds. The van der Waals surface area contributed by atoms with Crippen molar-refractivity contribution in [2.75, 3.05) is 49.5 Å². The molecule has 1 aliphatic heterocycles. The molecule has 206 valence electrons. The number of aryl methyl sites for hydroxylation is 1. The molecule has 8 nitrogen and oxygen atoms in total. The van der Waals surface area contributed by atoms with Crippen LogP contribution >= 0.6 is 11.6 Å². The zero-order valence-electron chi connectivity index (χ0n) is 23.0. The van der Waals surface area contributed by atoms with Crippen molar-refractivity contribution in [1.82, 2.24) is 19.9 Å². The first-order chi connectivity index (χ1) is 18.6. The van der Waals surface area contributed by atoms with Crippen LogP contribution in [0, 0.1) is 12.3 Å². The van der Waals surface area contributed by atoms with E-state index in [0.29, 0.717) is 33.1 Å². The number of H-pyrrole nitrogens is 2. The predicted octanol–water partition coefficient (Wildman–Crippen LogP) is 5.19. The molecule has 4 N–H and O–H groups in total. The predicted molar refractivity (Wildman–Crippen MR) is 160 cm³/mol. The number of imidazole rings is 1. The average molecular weight is 549 g/mol. The smallest absolute Gasteiger partial charge is 0.261 e. The monoisotopic (exact) mass is 548 g/mol. The van der Waals surface area contributed by atoms with Gasteiger partial charge >= 0.3 is 0 Å². The minimum atomic E-state index is -0.792. The molecule has 1 fully saturated rings. The van der Waals surface area contributed by atoms with Gasteiger partial charge in [-0.05, 0) is 53.8 Å². The van der Waals surface area contributed by atoms with Crippen LogP contribution in [0.15, 0.2) is 53.5 Å². The molecule has 3 heterocycles. The van der Waals surface area contributed by atoms with Gasteiger partial charge in [-0.1, -0.05) is 44.5 Å². The van der Waals surface area contributed by atoms with Crippen LogP contribution in [-0.2, 0) is 0 Å². The summed E-state index contributed by atoms with van der Waals surface area (Å²) < 4.78 is 0. The molecule has 0 radical (unpaired) electrons. The summed E-state index contributed by atoms with van der Waals surface area (Å²) in [4.78, 5) is 28.9. The highest BCUT2D eigenvalue weighted by atomic mass is 35.5. The van der Waals surface area contributed by atoms with Gasteiger partial charge in [0, 0.05) is 56.2 Å². The van der Waals surface area contributed by atoms with Crippen LogP contribution in [-0.4, -0.2) is 64.2 Å². The Morgan fingerprint density at radius 1 is 1.13 bits per heavy atom. The zero-order valence-corrected chi connectivity index (χ0v) is 23.8. The molecule has 4 aromatic rings. The Morgan fingerprint density at radius 3 is 2.62 bits per heavy atom. The van der Waals surface area contributed by atoms with Gasteiger partial charge in [0.25, 0.3) is 5.56 Å². The lowest BCUT2D eigenvalue weighted by atomic mass is 9.96. The Bertz CT molecular complexity index is 1510. The Kier molecular flexibility index (Phi) is 7.71. The number of pyridine rings is 1. The van der Waals surface area contributed by atoms with Gasteiger partial charge in [0.2, 0.25) is 0 Å². The van der Waals surface area contributed by atoms with Crippen molar-refractivity contribution in [2.24, 2.45) is 5.41 Å². The number of hydrogen-bond donors (Lipinski definition) is 4. The third-order valence-electron chi connectivity index (χ3n) is 7.11. The molecule has 0 saturated carbocycles. The first-order valence-corrected chi connectivity index (χ1v) is 13.8. The van der Waals surface area contributed by atoms with Crippen molar-refractivity contribution in [3.63, 3.8) is 0 Å². The highest BCUT2D eigenvalue weighted by molar-refractivity contribution is 6.30. The fraction of sp³-hybridized carbons (Fsp3) is 0.400. The number of hydrogen-bond acceptors (Lipinski definition) is 6. The van der Waals surface area contributed by atoms with E-state index < -0.39 is 6.10 Å². The first kappa shape index (κ1) is 27.2. The van der Waals surface area contributed by atoms with Crippen LogP contribution in [0.2, 0.25) is 5.02 Å². The SMILES string of the molecule is Cc1cc(N2CCN(CC(C)(C)C)CC2)cc2[nH]c(-c3c(NC[C@H](O)c4cccc(Cl)c4)cc[nH]c3=O)nc12. The minimum absolute atomic E-state index is 0.210. The Labute approximate surface area is 234 Å². The third kappa shape index (κ3) is 6.30. The molecule has 1 atom stereocenters. The summed E-state index contributed by atoms with van der Waals surface area (Å²) in [7, 11) is 0. The van der Waals surface area contributed by atoms with Gasteiger partial charge in [0.15, 0.2) is 0 Å². The number of benzene rings is 2. The second kappa shape index (κ2) is 11.0. The standard InChI is InChI=1S/C30H37ClN6O2/c1-19-14-22(37-12-10-36(11-13-37)18-30(2,3)4)16-24-27(19)35-28(34-24)26-23(8-9-32-29(26)39)33-17-25(38)20-6-5-7-21(31)15-20/h5-9,14-16,25,38H,10-13,17-18H2,1-4H3,(H,34,35)(H2,32,33,39)/t25-/m0/s1. The molecule has 0 unspecified atom stereocenters. The lowest BCUT2D eigenvalue weighted by Crippen LogP contribution is -2.48. The highest BCUT2D eigenvalue weighted by Gasteiger charge is 2.23. The van der Waals surface area contributed by atoms with Crippen molar-refractivity contribution in [3.8, 4) is 11.4 Å². The summed E-state index contributed by atoms with van der Waals surface area (Å²) in [6, 6.07) is 13.2. The minimum Gasteiger partial charge on any atom is -0.387 e. The summed E-state index contributed by atoms with van der Waals surface area (Å²) in [6.45, 7) is 14.2. The number of nitrogens with one attached hydrogen (secondary N) is 3. The molecule has 1 aliphatic rings. The second-order valence-corrected chi connectivity index (χ2v) is 12.1. The van der Waals surface area contributed by atoms with Crippen LogP contribution in [0.1, 0.15) is 38.0 Å². The molecular formula is C30H37ClN6O2. The van der Waals surface area contributed by atoms with Gasteiger partial charge in [0.05, 0.1) is 22.8 Å². The number of aliphatic hydroxyl groups excluding tert-OH is 1. The molecule has 1 saturated heterocycles. The summed E-state index contributed by atoms with van der Waals surface area (Å²) in [5.74, 6) is 0.488. The molecule has 0 bridgehead atoms. The van der Waals surface area contributed by atoms with Crippen LogP contribution in [0.3, 0.4) is 0 Å². The Morgan fingerprint density at radius 2 is 1.90 bits per heavy atom. The van der Waals surface area contributed by atoms with Gasteiger partial charge < -0.3 is 25.3 Å². The van der Waals surface area contributed by atoms with E-state index in [1.54, 1.807) is 30.5 Å². The fourth-order valence-electron chi connectivity index (χ4n) is 5.31. The molecule has 39 heavy (non-hydrogen) atoms. The van der Waals surface area contributed by atoms with Crippen LogP contribution < -0.4 is 15.8 Å². The van der Waals surface area contributed by atoms with E-state index in [4.69, 9.17) is 16.6 Å². The van der Waals surface area contributed by atoms with E-state index in [-0.39, 0.29) is 12.1 Å². The second-order valence-electron chi connectivity index (χ2n) is 11.6. The number of fused-ring (bicyclic) bond motifs is 1. The maximum atomic E-state index is 13.0. The molecule has 5 rings (SSSR count). The highest BCUT2D eigenvalue weighted by Crippen LogP contribution is 2.30. The van der Waals surface area contributed by atoms with Gasteiger partial charge in [-0.25, -0.2) is 4.98 Å². The van der Waals surface area contributed by atoms with E-state index in [1.807, 2.05) is 6.07 Å². The van der Waals surface area contributed by atoms with Gasteiger partial charge in [-0.15, -0.1) is 0 Å². The fourth-order valence-corrected chi connectivity index (χ4v) is 5.51. The first-order valence-electron chi connectivity index (χ1n) is 13.4. The van der Waals surface area contributed by atoms with Crippen molar-refractivity contribution in [1.29, 1.82) is 0 Å². The number of aromatic amines is 2. The number of rotatable bonds is 7. The summed E-state index contributed by atoms with van der Waals surface area (Å²) in [6.07, 6.45) is 0.797. The quantitative estimate of drug-likeness (QED) is 0.253. The van der Waals surface area contributed by atoms with Crippen LogP contribution in [0.25, 0.3) is 22.4 Å². The van der Waals surface area contributed by atoms with Gasteiger partial charge in [-0.2, -0.15) is 0 Å². The lowest BCUT2D eigenvalue weighted by Gasteiger charge is -2.39. The van der Waals surface area contributed by atoms with Crippen molar-refractivity contribution in [3.05, 3.63) is 75.2 Å². The van der Waals surface area contributed by atoms with E-state index in [1.165, 1.54) is 0 Å². The Balaban J connectivity index is 1.37. The maximum Gasteiger partial charge on any atom is 0.261 e.